The van der Waals surface area contributed by atoms with Crippen LogP contribution in [0, 0.1) is 11.3 Å². The second-order valence-electron chi connectivity index (χ2n) is 6.51. The van der Waals surface area contributed by atoms with E-state index < -0.39 is 0 Å². The van der Waals surface area contributed by atoms with Crippen LogP contribution in [0.5, 0.6) is 5.75 Å². The molecule has 2 aromatic rings. The summed E-state index contributed by atoms with van der Waals surface area (Å²) in [4.78, 5) is 0. The molecule has 0 atom stereocenters. The molecular formula is C21H24N2O. The van der Waals surface area contributed by atoms with Gasteiger partial charge in [0.1, 0.15) is 5.75 Å². The fourth-order valence-electron chi connectivity index (χ4n) is 3.04. The highest BCUT2D eigenvalue weighted by Gasteiger charge is 2.43. The van der Waals surface area contributed by atoms with Gasteiger partial charge in [-0.25, -0.2) is 0 Å². The molecule has 0 spiro atoms. The standard InChI is InChI=1S/C21H24N2O/c22-13-4-5-14-24-20-10-6-7-18(15-20)16-23-17-21(11-12-21)19-8-2-1-3-9-19/h1-3,6-10,15,23H,4-5,11-12,14,16-17H2. The number of ether oxygens (including phenoxy) is 1. The van der Waals surface area contributed by atoms with Gasteiger partial charge < -0.3 is 10.1 Å². The van der Waals surface area contributed by atoms with Crippen LogP contribution < -0.4 is 10.1 Å². The molecule has 1 N–H and O–H groups in total. The van der Waals surface area contributed by atoms with Crippen molar-refractivity contribution in [3.63, 3.8) is 0 Å². The quantitative estimate of drug-likeness (QED) is 0.705. The highest BCUT2D eigenvalue weighted by molar-refractivity contribution is 5.32. The van der Waals surface area contributed by atoms with Crippen LogP contribution in [0.2, 0.25) is 0 Å². The van der Waals surface area contributed by atoms with Crippen LogP contribution >= 0.6 is 0 Å². The Bertz CT molecular complexity index is 686. The molecule has 0 saturated heterocycles. The number of nitriles is 1. The van der Waals surface area contributed by atoms with Crippen molar-refractivity contribution in [2.45, 2.75) is 37.6 Å². The molecule has 3 nitrogen and oxygen atoms in total. The van der Waals surface area contributed by atoms with Crippen molar-refractivity contribution >= 4 is 0 Å². The topological polar surface area (TPSA) is 45.0 Å². The molecule has 2 aromatic carbocycles. The zero-order valence-electron chi connectivity index (χ0n) is 14.0. The molecular weight excluding hydrogens is 296 g/mol. The van der Waals surface area contributed by atoms with Gasteiger partial charge in [-0.3, -0.25) is 0 Å². The van der Waals surface area contributed by atoms with E-state index in [4.69, 9.17) is 10.00 Å². The predicted molar refractivity (Wildman–Crippen MR) is 95.8 cm³/mol. The molecule has 3 heteroatoms. The summed E-state index contributed by atoms with van der Waals surface area (Å²) in [5, 5.41) is 12.2. The molecule has 3 rings (SSSR count). The summed E-state index contributed by atoms with van der Waals surface area (Å²) in [6.45, 7) is 2.47. The number of nitrogens with one attached hydrogen (secondary N) is 1. The van der Waals surface area contributed by atoms with Gasteiger partial charge in [-0.1, -0.05) is 42.5 Å². The molecule has 0 aromatic heterocycles. The SMILES string of the molecule is N#CCCCOc1cccc(CNCC2(c3ccccc3)CC2)c1. The molecule has 1 saturated carbocycles. The summed E-state index contributed by atoms with van der Waals surface area (Å²) >= 11 is 0. The van der Waals surface area contributed by atoms with E-state index in [9.17, 15) is 0 Å². The first-order valence-corrected chi connectivity index (χ1v) is 8.67. The van der Waals surface area contributed by atoms with Crippen molar-refractivity contribution in [2.24, 2.45) is 0 Å². The highest BCUT2D eigenvalue weighted by Crippen LogP contribution is 2.47. The van der Waals surface area contributed by atoms with Crippen molar-refractivity contribution < 1.29 is 4.74 Å². The minimum atomic E-state index is 0.340. The minimum absolute atomic E-state index is 0.340. The maximum Gasteiger partial charge on any atom is 0.119 e. The van der Waals surface area contributed by atoms with Crippen molar-refractivity contribution in [3.05, 3.63) is 65.7 Å². The Kier molecular flexibility index (Phi) is 5.51. The normalized spacial score (nSPS) is 14.8. The van der Waals surface area contributed by atoms with Gasteiger partial charge >= 0.3 is 0 Å². The fraction of sp³-hybridized carbons (Fsp3) is 0.381. The Morgan fingerprint density at radius 3 is 2.67 bits per heavy atom. The van der Waals surface area contributed by atoms with Gasteiger partial charge in [0.15, 0.2) is 0 Å². The summed E-state index contributed by atoms with van der Waals surface area (Å²) in [6, 6.07) is 21.2. The first kappa shape index (κ1) is 16.5. The number of hydrogen-bond donors (Lipinski definition) is 1. The van der Waals surface area contributed by atoms with Crippen molar-refractivity contribution in [2.75, 3.05) is 13.2 Å². The lowest BCUT2D eigenvalue weighted by molar-refractivity contribution is 0.312. The summed E-state index contributed by atoms with van der Waals surface area (Å²) < 4.78 is 5.70. The lowest BCUT2D eigenvalue weighted by atomic mass is 9.96. The van der Waals surface area contributed by atoms with Crippen LogP contribution in [0.4, 0.5) is 0 Å². The Morgan fingerprint density at radius 2 is 1.92 bits per heavy atom. The number of benzene rings is 2. The van der Waals surface area contributed by atoms with Crippen molar-refractivity contribution in [1.82, 2.24) is 5.32 Å². The molecule has 1 aliphatic carbocycles. The zero-order valence-corrected chi connectivity index (χ0v) is 14.0. The van der Waals surface area contributed by atoms with Crippen LogP contribution in [0.3, 0.4) is 0 Å². The van der Waals surface area contributed by atoms with E-state index in [1.54, 1.807) is 0 Å². The fourth-order valence-corrected chi connectivity index (χ4v) is 3.04. The van der Waals surface area contributed by atoms with E-state index in [0.717, 1.165) is 25.3 Å². The number of unbranched alkanes of at least 4 members (excludes halogenated alkanes) is 1. The molecule has 0 heterocycles. The van der Waals surface area contributed by atoms with Crippen LogP contribution in [0.15, 0.2) is 54.6 Å². The van der Waals surface area contributed by atoms with E-state index in [2.05, 4.69) is 53.9 Å². The smallest absolute Gasteiger partial charge is 0.119 e. The van der Waals surface area contributed by atoms with Crippen LogP contribution in [-0.2, 0) is 12.0 Å². The molecule has 1 aliphatic rings. The summed E-state index contributed by atoms with van der Waals surface area (Å²) in [7, 11) is 0. The summed E-state index contributed by atoms with van der Waals surface area (Å²) in [5.74, 6) is 0.886. The molecule has 0 amide bonds. The second kappa shape index (κ2) is 7.99. The van der Waals surface area contributed by atoms with E-state index in [-0.39, 0.29) is 0 Å². The molecule has 0 aliphatic heterocycles. The second-order valence-corrected chi connectivity index (χ2v) is 6.51. The predicted octanol–water partition coefficient (Wildman–Crippen LogP) is 4.19. The van der Waals surface area contributed by atoms with Gasteiger partial charge in [-0.15, -0.1) is 0 Å². The third-order valence-electron chi connectivity index (χ3n) is 4.63. The van der Waals surface area contributed by atoms with E-state index in [1.807, 2.05) is 12.1 Å². The van der Waals surface area contributed by atoms with E-state index in [0.29, 0.717) is 18.4 Å². The molecule has 0 unspecified atom stereocenters. The van der Waals surface area contributed by atoms with E-state index >= 15 is 0 Å². The van der Waals surface area contributed by atoms with Crippen LogP contribution in [-0.4, -0.2) is 13.2 Å². The number of nitrogens with zero attached hydrogens (tertiary/aromatic N) is 1. The Hall–Kier alpha value is -2.31. The van der Waals surface area contributed by atoms with Crippen molar-refractivity contribution in [3.8, 4) is 11.8 Å². The molecule has 0 radical (unpaired) electrons. The Labute approximate surface area is 144 Å². The zero-order chi connectivity index (χ0) is 16.7. The number of rotatable bonds is 9. The van der Waals surface area contributed by atoms with Crippen LogP contribution in [0.1, 0.15) is 36.8 Å². The maximum absolute atomic E-state index is 8.54. The summed E-state index contributed by atoms with van der Waals surface area (Å²) in [6.07, 6.45) is 3.86. The monoisotopic (exact) mass is 320 g/mol. The van der Waals surface area contributed by atoms with Crippen molar-refractivity contribution in [1.29, 1.82) is 5.26 Å². The van der Waals surface area contributed by atoms with Crippen LogP contribution in [0.25, 0.3) is 0 Å². The third-order valence-corrected chi connectivity index (χ3v) is 4.63. The molecule has 0 bridgehead atoms. The largest absolute Gasteiger partial charge is 0.494 e. The maximum atomic E-state index is 8.54. The lowest BCUT2D eigenvalue weighted by Gasteiger charge is -2.17. The molecule has 1 fully saturated rings. The lowest BCUT2D eigenvalue weighted by Crippen LogP contribution is -2.26. The third kappa shape index (κ3) is 4.37. The van der Waals surface area contributed by atoms with Gasteiger partial charge in [-0.2, -0.15) is 5.26 Å². The van der Waals surface area contributed by atoms with Gasteiger partial charge in [0.2, 0.25) is 0 Å². The first-order valence-electron chi connectivity index (χ1n) is 8.67. The van der Waals surface area contributed by atoms with Gasteiger partial charge in [-0.05, 0) is 42.5 Å². The Balaban J connectivity index is 1.48. The Morgan fingerprint density at radius 1 is 1.08 bits per heavy atom. The van der Waals surface area contributed by atoms with Gasteiger partial charge in [0, 0.05) is 24.9 Å². The highest BCUT2D eigenvalue weighted by atomic mass is 16.5. The average molecular weight is 320 g/mol. The van der Waals surface area contributed by atoms with E-state index in [1.165, 1.54) is 24.0 Å². The minimum Gasteiger partial charge on any atom is -0.494 e. The molecule has 24 heavy (non-hydrogen) atoms. The number of hydrogen-bond acceptors (Lipinski definition) is 3. The van der Waals surface area contributed by atoms with Gasteiger partial charge in [0.25, 0.3) is 0 Å². The molecule has 124 valence electrons. The summed E-state index contributed by atoms with van der Waals surface area (Å²) in [5.41, 5.74) is 3.02. The first-order chi connectivity index (χ1) is 11.8. The van der Waals surface area contributed by atoms with Gasteiger partial charge in [0.05, 0.1) is 12.7 Å². The average Bonchev–Trinajstić information content (AvgIpc) is 3.41.